The number of aliphatic carboxylic acids is 2. The second-order valence-corrected chi connectivity index (χ2v) is 10.9. The molecule has 0 aliphatic rings. The number of carbonyl (C=O) groups is 3. The Morgan fingerprint density at radius 1 is 0.857 bits per heavy atom. The Kier molecular flexibility index (Phi) is 13.2. The number of unbranched alkanes of at least 4 members (excludes halogenated alkanes) is 4. The molecule has 1 amide bonds. The molecule has 2 atom stereocenters. The van der Waals surface area contributed by atoms with Crippen molar-refractivity contribution >= 4 is 34.7 Å². The van der Waals surface area contributed by atoms with E-state index < -0.39 is 36.5 Å². The van der Waals surface area contributed by atoms with Crippen LogP contribution in [0.4, 0.5) is 0 Å². The predicted molar refractivity (Wildman–Crippen MR) is 166 cm³/mol. The molecule has 224 valence electrons. The SMILES string of the molecule is Cc1ccc(/C=C\CCCCC(C(=O)NCCCCCc2ccc3ccccc3c2)C(OCC(=O)O)C(=O)O)cc1C. The van der Waals surface area contributed by atoms with Crippen LogP contribution in [-0.2, 0) is 25.5 Å². The van der Waals surface area contributed by atoms with Crippen LogP contribution in [0.15, 0.2) is 66.7 Å². The fraction of sp³-hybridized carbons (Fsp3) is 0.400. The first-order valence-electron chi connectivity index (χ1n) is 14.8. The van der Waals surface area contributed by atoms with Gasteiger partial charge < -0.3 is 20.3 Å². The van der Waals surface area contributed by atoms with Crippen LogP contribution in [0.2, 0.25) is 0 Å². The van der Waals surface area contributed by atoms with Gasteiger partial charge in [-0.05, 0) is 85.4 Å². The van der Waals surface area contributed by atoms with E-state index in [9.17, 15) is 19.5 Å². The average Bonchev–Trinajstić information content (AvgIpc) is 2.96. The topological polar surface area (TPSA) is 113 Å². The number of allylic oxidation sites excluding steroid dienone is 1. The summed E-state index contributed by atoms with van der Waals surface area (Å²) in [7, 11) is 0. The highest BCUT2D eigenvalue weighted by atomic mass is 16.5. The maximum absolute atomic E-state index is 13.1. The highest BCUT2D eigenvalue weighted by Gasteiger charge is 2.34. The molecular weight excluding hydrogens is 530 g/mol. The van der Waals surface area contributed by atoms with Crippen LogP contribution in [0.3, 0.4) is 0 Å². The minimum atomic E-state index is -1.51. The molecule has 3 aromatic rings. The zero-order valence-electron chi connectivity index (χ0n) is 24.7. The molecule has 0 spiro atoms. The molecule has 0 fully saturated rings. The van der Waals surface area contributed by atoms with E-state index >= 15 is 0 Å². The Morgan fingerprint density at radius 2 is 1.64 bits per heavy atom. The molecule has 2 unspecified atom stereocenters. The van der Waals surface area contributed by atoms with Crippen LogP contribution < -0.4 is 5.32 Å². The second-order valence-electron chi connectivity index (χ2n) is 10.9. The molecule has 0 aromatic heterocycles. The molecule has 3 rings (SSSR count). The number of rotatable bonds is 18. The van der Waals surface area contributed by atoms with E-state index in [4.69, 9.17) is 9.84 Å². The number of carbonyl (C=O) groups excluding carboxylic acids is 1. The monoisotopic (exact) mass is 573 g/mol. The van der Waals surface area contributed by atoms with Crippen molar-refractivity contribution in [3.8, 4) is 0 Å². The van der Waals surface area contributed by atoms with Crippen LogP contribution in [0.1, 0.15) is 67.2 Å². The second kappa shape index (κ2) is 17.1. The quantitative estimate of drug-likeness (QED) is 0.145. The third-order valence-corrected chi connectivity index (χ3v) is 7.56. The Balaban J connectivity index is 1.46. The number of ether oxygens (including phenoxy) is 1. The van der Waals surface area contributed by atoms with Crippen LogP contribution in [0.5, 0.6) is 0 Å². The zero-order valence-corrected chi connectivity index (χ0v) is 24.7. The first-order chi connectivity index (χ1) is 20.2. The van der Waals surface area contributed by atoms with Crippen LogP contribution in [0.25, 0.3) is 16.8 Å². The maximum atomic E-state index is 13.1. The molecule has 0 radical (unpaired) electrons. The van der Waals surface area contributed by atoms with Crippen LogP contribution >= 0.6 is 0 Å². The van der Waals surface area contributed by atoms with E-state index in [0.29, 0.717) is 19.4 Å². The van der Waals surface area contributed by atoms with Gasteiger partial charge in [-0.3, -0.25) is 4.79 Å². The van der Waals surface area contributed by atoms with Gasteiger partial charge in [-0.1, -0.05) is 85.7 Å². The smallest absolute Gasteiger partial charge is 0.333 e. The Hall–Kier alpha value is -3.97. The number of hydrogen-bond donors (Lipinski definition) is 3. The number of carboxylic acid groups (broad SMARTS) is 2. The summed E-state index contributed by atoms with van der Waals surface area (Å²) in [5, 5.41) is 24.0. The number of benzene rings is 3. The summed E-state index contributed by atoms with van der Waals surface area (Å²) < 4.78 is 5.16. The van der Waals surface area contributed by atoms with E-state index in [-0.39, 0.29) is 0 Å². The lowest BCUT2D eigenvalue weighted by atomic mass is 9.93. The molecule has 7 heteroatoms. The van der Waals surface area contributed by atoms with Crippen molar-refractivity contribution in [2.24, 2.45) is 5.92 Å². The lowest BCUT2D eigenvalue weighted by Crippen LogP contribution is -2.43. The highest BCUT2D eigenvalue weighted by Crippen LogP contribution is 2.20. The van der Waals surface area contributed by atoms with Gasteiger partial charge in [-0.25, -0.2) is 9.59 Å². The van der Waals surface area contributed by atoms with E-state index in [1.54, 1.807) is 0 Å². The normalized spacial score (nSPS) is 12.8. The van der Waals surface area contributed by atoms with Crippen molar-refractivity contribution in [2.75, 3.05) is 13.2 Å². The summed E-state index contributed by atoms with van der Waals surface area (Å²) in [5.41, 5.74) is 4.88. The molecule has 0 aliphatic carbocycles. The molecule has 3 N–H and O–H groups in total. The van der Waals surface area contributed by atoms with Gasteiger partial charge in [-0.15, -0.1) is 0 Å². The summed E-state index contributed by atoms with van der Waals surface area (Å²) in [6.07, 6.45) is 8.70. The standard InChI is InChI=1S/C35H43NO6/c1-25-17-18-27(22-26(25)2)12-6-3-4-8-16-31(33(35(40)41)42-24-32(37)38)34(39)36-21-11-5-7-13-28-19-20-29-14-9-10-15-30(29)23-28/h6,9-10,12,14-15,17-20,22-23,31,33H,3-5,7-8,11,13,16,21,24H2,1-2H3,(H,36,39)(H,37,38)(H,40,41)/b12-6-. The molecule has 0 bridgehead atoms. The van der Waals surface area contributed by atoms with Gasteiger partial charge in [0.1, 0.15) is 6.61 Å². The van der Waals surface area contributed by atoms with Crippen molar-refractivity contribution < 1.29 is 29.3 Å². The first kappa shape index (κ1) is 32.5. The Labute approximate surface area is 248 Å². The summed E-state index contributed by atoms with van der Waals surface area (Å²) in [6.45, 7) is 3.81. The van der Waals surface area contributed by atoms with Crippen molar-refractivity contribution in [3.05, 3.63) is 89.0 Å². The third kappa shape index (κ3) is 10.8. The first-order valence-corrected chi connectivity index (χ1v) is 14.8. The van der Waals surface area contributed by atoms with Crippen LogP contribution in [-0.4, -0.2) is 47.3 Å². The van der Waals surface area contributed by atoms with Gasteiger partial charge >= 0.3 is 11.9 Å². The molecule has 0 aliphatic heterocycles. The molecular formula is C35H43NO6. The van der Waals surface area contributed by atoms with Crippen molar-refractivity contribution in [2.45, 2.75) is 71.3 Å². The Morgan fingerprint density at radius 3 is 2.38 bits per heavy atom. The fourth-order valence-corrected chi connectivity index (χ4v) is 5.02. The minimum Gasteiger partial charge on any atom is -0.480 e. The number of carboxylic acids is 2. The van der Waals surface area contributed by atoms with Crippen molar-refractivity contribution in [1.29, 1.82) is 0 Å². The molecule has 7 nitrogen and oxygen atoms in total. The predicted octanol–water partition coefficient (Wildman–Crippen LogP) is 6.73. The number of hydrogen-bond acceptors (Lipinski definition) is 4. The van der Waals surface area contributed by atoms with Gasteiger partial charge in [0.05, 0.1) is 5.92 Å². The van der Waals surface area contributed by atoms with Crippen molar-refractivity contribution in [1.82, 2.24) is 5.32 Å². The number of fused-ring (bicyclic) bond motifs is 1. The van der Waals surface area contributed by atoms with E-state index in [0.717, 1.165) is 44.1 Å². The Bertz CT molecular complexity index is 1360. The summed E-state index contributed by atoms with van der Waals surface area (Å²) in [6, 6.07) is 21.1. The largest absolute Gasteiger partial charge is 0.480 e. The average molecular weight is 574 g/mol. The lowest BCUT2D eigenvalue weighted by molar-refractivity contribution is -0.163. The van der Waals surface area contributed by atoms with Gasteiger partial charge in [0, 0.05) is 6.54 Å². The lowest BCUT2D eigenvalue weighted by Gasteiger charge is -2.23. The van der Waals surface area contributed by atoms with Gasteiger partial charge in [-0.2, -0.15) is 0 Å². The van der Waals surface area contributed by atoms with Gasteiger partial charge in [0.25, 0.3) is 0 Å². The molecule has 0 saturated heterocycles. The van der Waals surface area contributed by atoms with E-state index in [1.165, 1.54) is 27.5 Å². The third-order valence-electron chi connectivity index (χ3n) is 7.56. The number of amides is 1. The minimum absolute atomic E-state index is 0.294. The molecule has 42 heavy (non-hydrogen) atoms. The molecule has 3 aromatic carbocycles. The van der Waals surface area contributed by atoms with E-state index in [2.05, 4.69) is 79.8 Å². The molecule has 0 saturated carbocycles. The highest BCUT2D eigenvalue weighted by molar-refractivity contribution is 5.86. The van der Waals surface area contributed by atoms with Crippen LogP contribution in [0, 0.1) is 19.8 Å². The molecule has 0 heterocycles. The summed E-state index contributed by atoms with van der Waals surface area (Å²) in [4.78, 5) is 36.0. The zero-order chi connectivity index (χ0) is 30.3. The van der Waals surface area contributed by atoms with Gasteiger partial charge in [0.2, 0.25) is 5.91 Å². The van der Waals surface area contributed by atoms with Crippen molar-refractivity contribution in [3.63, 3.8) is 0 Å². The van der Waals surface area contributed by atoms with E-state index in [1.807, 2.05) is 12.1 Å². The number of aryl methyl sites for hydroxylation is 3. The number of nitrogens with one attached hydrogen (secondary N) is 1. The summed E-state index contributed by atoms with van der Waals surface area (Å²) >= 11 is 0. The van der Waals surface area contributed by atoms with Gasteiger partial charge in [0.15, 0.2) is 6.10 Å². The summed E-state index contributed by atoms with van der Waals surface area (Å²) in [5.74, 6) is -3.99. The fourth-order valence-electron chi connectivity index (χ4n) is 5.02. The maximum Gasteiger partial charge on any atom is 0.333 e.